The van der Waals surface area contributed by atoms with Crippen LogP contribution in [0, 0.1) is 10.1 Å². The van der Waals surface area contributed by atoms with E-state index < -0.39 is 0 Å². The first-order chi connectivity index (χ1) is 11.1. The maximum Gasteiger partial charge on any atom is 0.287 e. The second-order valence-electron chi connectivity index (χ2n) is 5.32. The van der Waals surface area contributed by atoms with Crippen LogP contribution >= 0.6 is 11.8 Å². The number of nitrogens with one attached hydrogen (secondary N) is 3. The van der Waals surface area contributed by atoms with Gasteiger partial charge in [-0.3, -0.25) is 10.1 Å². The van der Waals surface area contributed by atoms with Gasteiger partial charge in [-0.1, -0.05) is 6.92 Å². The lowest BCUT2D eigenvalue weighted by Gasteiger charge is -2.08. The molecule has 2 heterocycles. The Labute approximate surface area is 140 Å². The molecule has 3 N–H and O–H groups in total. The van der Waals surface area contributed by atoms with Gasteiger partial charge < -0.3 is 20.4 Å². The Morgan fingerprint density at radius 1 is 1.52 bits per heavy atom. The summed E-state index contributed by atoms with van der Waals surface area (Å²) in [7, 11) is 0. The van der Waals surface area contributed by atoms with Crippen molar-refractivity contribution in [2.75, 3.05) is 25.4 Å². The van der Waals surface area contributed by atoms with Crippen LogP contribution in [0.15, 0.2) is 28.1 Å². The van der Waals surface area contributed by atoms with Gasteiger partial charge in [-0.25, -0.2) is 0 Å². The quantitative estimate of drug-likeness (QED) is 0.342. The van der Waals surface area contributed by atoms with Crippen LogP contribution in [-0.2, 0) is 5.75 Å². The Kier molecular flexibility index (Phi) is 6.79. The molecule has 128 valence electrons. The molecule has 1 unspecified atom stereocenters. The summed E-state index contributed by atoms with van der Waals surface area (Å²) in [6, 6.07) is 4.24. The summed E-state index contributed by atoms with van der Waals surface area (Å²) >= 11 is 1.74. The van der Waals surface area contributed by atoms with E-state index in [-0.39, 0.29) is 16.7 Å². The van der Waals surface area contributed by atoms with E-state index >= 15 is 0 Å². The third kappa shape index (κ3) is 5.18. The predicted molar refractivity (Wildman–Crippen MR) is 91.6 cm³/mol. The lowest BCUT2D eigenvalue weighted by atomic mass is 10.2. The van der Waals surface area contributed by atoms with E-state index in [9.17, 15) is 10.1 Å². The monoisotopic (exact) mass is 340 g/mol. The molecule has 0 amide bonds. The van der Waals surface area contributed by atoms with Crippen LogP contribution in [0.5, 0.6) is 0 Å². The summed E-state index contributed by atoms with van der Waals surface area (Å²) in [6.07, 6.45) is 0.474. The largest absolute Gasteiger partial charge is 0.464 e. The first-order valence-corrected chi connectivity index (χ1v) is 9.02. The average molecular weight is 340 g/mol. The van der Waals surface area contributed by atoms with Crippen LogP contribution in [0.1, 0.15) is 37.8 Å². The number of nitro groups is 1. The molecule has 0 saturated heterocycles. The number of nitrogens with zero attached hydrogens (tertiary/aromatic N) is 1. The zero-order valence-electron chi connectivity index (χ0n) is 13.6. The number of hydrogen-bond donors (Lipinski definition) is 3. The summed E-state index contributed by atoms with van der Waals surface area (Å²) < 4.78 is 5.81. The van der Waals surface area contributed by atoms with Crippen LogP contribution in [0.4, 0.5) is 0 Å². The van der Waals surface area contributed by atoms with Crippen molar-refractivity contribution in [2.45, 2.75) is 32.1 Å². The molecule has 1 aromatic rings. The van der Waals surface area contributed by atoms with Gasteiger partial charge in [0.15, 0.2) is 5.82 Å². The Morgan fingerprint density at radius 2 is 2.35 bits per heavy atom. The number of rotatable bonds is 10. The second kappa shape index (κ2) is 8.83. The van der Waals surface area contributed by atoms with Gasteiger partial charge in [-0.2, -0.15) is 11.8 Å². The summed E-state index contributed by atoms with van der Waals surface area (Å²) in [5.41, 5.74) is 0.253. The molecular weight excluding hydrogens is 316 g/mol. The minimum Gasteiger partial charge on any atom is -0.464 e. The smallest absolute Gasteiger partial charge is 0.287 e. The van der Waals surface area contributed by atoms with Crippen molar-refractivity contribution in [1.29, 1.82) is 0 Å². The van der Waals surface area contributed by atoms with Crippen LogP contribution < -0.4 is 16.0 Å². The highest BCUT2D eigenvalue weighted by Gasteiger charge is 2.23. The maximum absolute atomic E-state index is 10.8. The van der Waals surface area contributed by atoms with Crippen molar-refractivity contribution in [3.05, 3.63) is 45.3 Å². The van der Waals surface area contributed by atoms with Gasteiger partial charge in [0.2, 0.25) is 0 Å². The Hall–Kier alpha value is -1.67. The number of thioether (sulfide) groups is 1. The van der Waals surface area contributed by atoms with Gasteiger partial charge in [-0.05, 0) is 25.6 Å². The molecule has 7 nitrogen and oxygen atoms in total. The van der Waals surface area contributed by atoms with Gasteiger partial charge in [0, 0.05) is 18.8 Å². The van der Waals surface area contributed by atoms with Crippen LogP contribution in [-0.4, -0.2) is 30.3 Å². The third-order valence-electron chi connectivity index (χ3n) is 3.58. The van der Waals surface area contributed by atoms with Crippen molar-refractivity contribution in [3.8, 4) is 0 Å². The van der Waals surface area contributed by atoms with Crippen LogP contribution in [0.3, 0.4) is 0 Å². The van der Waals surface area contributed by atoms with Gasteiger partial charge in [0.05, 0.1) is 23.1 Å². The van der Waals surface area contributed by atoms with E-state index in [1.165, 1.54) is 0 Å². The molecule has 2 rings (SSSR count). The number of furan rings is 1. The Bertz CT molecular complexity index is 559. The molecule has 8 heteroatoms. The molecule has 23 heavy (non-hydrogen) atoms. The average Bonchev–Trinajstić information content (AvgIpc) is 3.16. The van der Waals surface area contributed by atoms with E-state index in [2.05, 4.69) is 29.8 Å². The normalized spacial score (nSPS) is 15.6. The fourth-order valence-electron chi connectivity index (χ4n) is 2.41. The van der Waals surface area contributed by atoms with Crippen molar-refractivity contribution >= 4 is 11.8 Å². The van der Waals surface area contributed by atoms with Crippen molar-refractivity contribution in [1.82, 2.24) is 16.0 Å². The summed E-state index contributed by atoms with van der Waals surface area (Å²) in [5, 5.41) is 20.3. The predicted octanol–water partition coefficient (Wildman–Crippen LogP) is 2.21. The lowest BCUT2D eigenvalue weighted by Crippen LogP contribution is -2.26. The summed E-state index contributed by atoms with van der Waals surface area (Å²) in [4.78, 5) is 10.5. The molecule has 0 aliphatic carbocycles. The molecular formula is C15H24N4O3S. The highest BCUT2D eigenvalue weighted by molar-refractivity contribution is 7.98. The SMILES string of the molecule is CCNC(C)c1ccc(CSCCNC2=C([N+](=O)[O-])CCN2)o1. The van der Waals surface area contributed by atoms with E-state index in [4.69, 9.17) is 4.42 Å². The van der Waals surface area contributed by atoms with E-state index in [1.54, 1.807) is 11.8 Å². The molecule has 0 saturated carbocycles. The van der Waals surface area contributed by atoms with Gasteiger partial charge in [0.1, 0.15) is 11.5 Å². The van der Waals surface area contributed by atoms with Gasteiger partial charge in [0.25, 0.3) is 5.70 Å². The van der Waals surface area contributed by atoms with Crippen molar-refractivity contribution in [2.24, 2.45) is 0 Å². The van der Waals surface area contributed by atoms with Gasteiger partial charge >= 0.3 is 0 Å². The molecule has 0 bridgehead atoms. The second-order valence-corrected chi connectivity index (χ2v) is 6.42. The maximum atomic E-state index is 10.8. The molecule has 0 fully saturated rings. The third-order valence-corrected chi connectivity index (χ3v) is 4.57. The Balaban J connectivity index is 1.68. The fraction of sp³-hybridized carbons (Fsp3) is 0.600. The summed E-state index contributed by atoms with van der Waals surface area (Å²) in [5.74, 6) is 4.13. The van der Waals surface area contributed by atoms with Gasteiger partial charge in [-0.15, -0.1) is 0 Å². The van der Waals surface area contributed by atoms with E-state index in [0.29, 0.717) is 25.3 Å². The first kappa shape index (κ1) is 17.7. The van der Waals surface area contributed by atoms with Crippen LogP contribution in [0.2, 0.25) is 0 Å². The zero-order valence-corrected chi connectivity index (χ0v) is 14.4. The number of hydrogen-bond acceptors (Lipinski definition) is 7. The summed E-state index contributed by atoms with van der Waals surface area (Å²) in [6.45, 7) is 6.38. The minimum atomic E-state index is -0.314. The topological polar surface area (TPSA) is 92.4 Å². The fourth-order valence-corrected chi connectivity index (χ4v) is 3.16. The standard InChI is InChI=1S/C15H24N4O3S/c1-3-16-11(2)14-5-4-12(22-14)10-23-9-8-18-15-13(19(20)21)6-7-17-15/h4-5,11,16-18H,3,6-10H2,1-2H3. The molecule has 1 aliphatic rings. The van der Waals surface area contributed by atoms with Crippen molar-refractivity contribution in [3.63, 3.8) is 0 Å². The molecule has 1 aromatic heterocycles. The first-order valence-electron chi connectivity index (χ1n) is 7.86. The van der Waals surface area contributed by atoms with E-state index in [0.717, 1.165) is 29.6 Å². The lowest BCUT2D eigenvalue weighted by molar-refractivity contribution is -0.427. The molecule has 0 aromatic carbocycles. The minimum absolute atomic E-state index is 0.223. The highest BCUT2D eigenvalue weighted by Crippen LogP contribution is 2.20. The Morgan fingerprint density at radius 3 is 3.09 bits per heavy atom. The van der Waals surface area contributed by atoms with Crippen LogP contribution in [0.25, 0.3) is 0 Å². The molecule has 1 atom stereocenters. The highest BCUT2D eigenvalue weighted by atomic mass is 32.2. The van der Waals surface area contributed by atoms with Crippen molar-refractivity contribution < 1.29 is 9.34 Å². The molecule has 1 aliphatic heterocycles. The van der Waals surface area contributed by atoms with E-state index in [1.807, 2.05) is 12.1 Å². The molecule has 0 radical (unpaired) electrons. The zero-order chi connectivity index (χ0) is 16.7. The molecule has 0 spiro atoms.